The zero-order valence-electron chi connectivity index (χ0n) is 12.8. The van der Waals surface area contributed by atoms with Crippen LogP contribution in [0.5, 0.6) is 0 Å². The van der Waals surface area contributed by atoms with Gasteiger partial charge >= 0.3 is 0 Å². The lowest BCUT2D eigenvalue weighted by Crippen LogP contribution is -2.38. The summed E-state index contributed by atoms with van der Waals surface area (Å²) in [7, 11) is 0. The second-order valence-corrected chi connectivity index (χ2v) is 7.28. The topological polar surface area (TPSA) is 54.0 Å². The predicted molar refractivity (Wildman–Crippen MR) is 103 cm³/mol. The molecule has 0 radical (unpaired) electrons. The molecule has 3 rings (SSSR count). The summed E-state index contributed by atoms with van der Waals surface area (Å²) in [5.41, 5.74) is 0.822. The summed E-state index contributed by atoms with van der Waals surface area (Å²) in [5, 5.41) is 9.40. The minimum Gasteiger partial charge on any atom is -0.351 e. The number of carbonyl (C=O) groups is 1. The molecule has 128 valence electrons. The van der Waals surface area contributed by atoms with Crippen LogP contribution < -0.4 is 10.6 Å². The Kier molecular flexibility index (Phi) is 8.50. The number of thiazole rings is 1. The molecule has 1 unspecified atom stereocenters. The van der Waals surface area contributed by atoms with Crippen LogP contribution in [0.4, 0.5) is 0 Å². The molecule has 0 spiro atoms. The van der Waals surface area contributed by atoms with Crippen LogP contribution >= 0.6 is 47.5 Å². The van der Waals surface area contributed by atoms with Crippen molar-refractivity contribution in [2.75, 3.05) is 19.6 Å². The molecule has 2 N–H and O–H groups in total. The summed E-state index contributed by atoms with van der Waals surface area (Å²) in [6, 6.07) is 4.05. The number of thiophene rings is 1. The van der Waals surface area contributed by atoms with Crippen LogP contribution in [0.3, 0.4) is 0 Å². The van der Waals surface area contributed by atoms with Gasteiger partial charge in [0.25, 0.3) is 5.91 Å². The van der Waals surface area contributed by atoms with Crippen molar-refractivity contribution in [3.63, 3.8) is 0 Å². The second kappa shape index (κ2) is 9.59. The number of nitrogens with zero attached hydrogens (tertiary/aromatic N) is 1. The van der Waals surface area contributed by atoms with Gasteiger partial charge in [0.15, 0.2) is 0 Å². The number of nitrogens with one attached hydrogen (secondary N) is 2. The summed E-state index contributed by atoms with van der Waals surface area (Å²) in [6.45, 7) is 4.76. The summed E-state index contributed by atoms with van der Waals surface area (Å²) in [6.07, 6.45) is 2.39. The van der Waals surface area contributed by atoms with E-state index >= 15 is 0 Å². The monoisotopic (exact) mass is 393 g/mol. The number of hydrogen-bond donors (Lipinski definition) is 2. The van der Waals surface area contributed by atoms with Gasteiger partial charge in [-0.2, -0.15) is 0 Å². The number of aromatic nitrogens is 1. The third-order valence-electron chi connectivity index (χ3n) is 3.69. The lowest BCUT2D eigenvalue weighted by atomic mass is 10.00. The van der Waals surface area contributed by atoms with Crippen molar-refractivity contribution in [1.82, 2.24) is 15.6 Å². The number of halogens is 2. The third-order valence-corrected chi connectivity index (χ3v) is 5.88. The smallest absolute Gasteiger partial charge is 0.263 e. The van der Waals surface area contributed by atoms with Gasteiger partial charge < -0.3 is 10.6 Å². The highest BCUT2D eigenvalue weighted by Gasteiger charge is 2.19. The Morgan fingerprint density at radius 3 is 2.96 bits per heavy atom. The van der Waals surface area contributed by atoms with Crippen LogP contribution in [-0.4, -0.2) is 30.5 Å². The van der Waals surface area contributed by atoms with Crippen molar-refractivity contribution in [2.45, 2.75) is 19.8 Å². The first kappa shape index (κ1) is 20.4. The zero-order chi connectivity index (χ0) is 14.7. The van der Waals surface area contributed by atoms with Crippen LogP contribution in [0.15, 0.2) is 17.5 Å². The number of aryl methyl sites for hydroxylation is 1. The van der Waals surface area contributed by atoms with Crippen LogP contribution in [0.1, 0.15) is 28.2 Å². The Bertz CT molecular complexity index is 610. The van der Waals surface area contributed by atoms with Crippen molar-refractivity contribution in [3.05, 3.63) is 28.1 Å². The third kappa shape index (κ3) is 5.16. The van der Waals surface area contributed by atoms with E-state index in [9.17, 15) is 4.79 Å². The van der Waals surface area contributed by atoms with Crippen LogP contribution in [0.25, 0.3) is 9.88 Å². The molecule has 8 heteroatoms. The molecule has 1 amide bonds. The Morgan fingerprint density at radius 2 is 2.30 bits per heavy atom. The predicted octanol–water partition coefficient (Wildman–Crippen LogP) is 3.75. The second-order valence-electron chi connectivity index (χ2n) is 5.33. The average Bonchev–Trinajstić information content (AvgIpc) is 3.15. The first-order valence-electron chi connectivity index (χ1n) is 7.24. The van der Waals surface area contributed by atoms with Crippen LogP contribution in [0, 0.1) is 12.8 Å². The standard InChI is InChI=1S/C15H19N3OS2.2ClH/c1-10-13(21-15(18-10)12-5-3-7-20-12)14(19)17-9-11-4-2-6-16-8-11;;/h3,5,7,11,16H,2,4,6,8-9H2,1H3,(H,17,19);2*1H. The number of hydrogen-bond acceptors (Lipinski definition) is 5. The molecule has 2 aromatic rings. The quantitative estimate of drug-likeness (QED) is 0.831. The highest BCUT2D eigenvalue weighted by atomic mass is 35.5. The van der Waals surface area contributed by atoms with Crippen molar-refractivity contribution in [2.24, 2.45) is 5.92 Å². The minimum absolute atomic E-state index is 0. The molecule has 1 atom stereocenters. The summed E-state index contributed by atoms with van der Waals surface area (Å²) in [4.78, 5) is 18.7. The van der Waals surface area contributed by atoms with E-state index in [-0.39, 0.29) is 30.7 Å². The fraction of sp³-hybridized carbons (Fsp3) is 0.467. The fourth-order valence-electron chi connectivity index (χ4n) is 2.53. The molecule has 0 aromatic carbocycles. The van der Waals surface area contributed by atoms with Gasteiger partial charge in [-0.25, -0.2) is 4.98 Å². The molecule has 2 aromatic heterocycles. The zero-order valence-corrected chi connectivity index (χ0v) is 16.1. The van der Waals surface area contributed by atoms with Crippen molar-refractivity contribution >= 4 is 53.4 Å². The fourth-order valence-corrected chi connectivity index (χ4v) is 4.31. The molecule has 1 saturated heterocycles. The van der Waals surface area contributed by atoms with Gasteiger partial charge in [0.05, 0.1) is 10.6 Å². The Balaban J connectivity index is 0.00000132. The Labute approximate surface area is 156 Å². The Hall–Kier alpha value is -0.660. The summed E-state index contributed by atoms with van der Waals surface area (Å²) < 4.78 is 0. The summed E-state index contributed by atoms with van der Waals surface area (Å²) in [5.74, 6) is 0.561. The SMILES string of the molecule is Cc1nc(-c2cccs2)sc1C(=O)NCC1CCCNC1.Cl.Cl. The van der Waals surface area contributed by atoms with E-state index in [1.54, 1.807) is 11.3 Å². The maximum absolute atomic E-state index is 12.3. The number of carbonyl (C=O) groups excluding carboxylic acids is 1. The first-order valence-corrected chi connectivity index (χ1v) is 8.94. The normalized spacial score (nSPS) is 17.0. The Morgan fingerprint density at radius 1 is 1.48 bits per heavy atom. The van der Waals surface area contributed by atoms with Crippen molar-refractivity contribution < 1.29 is 4.79 Å². The minimum atomic E-state index is 0. The molecule has 4 nitrogen and oxygen atoms in total. The maximum atomic E-state index is 12.3. The van der Waals surface area contributed by atoms with E-state index in [1.165, 1.54) is 24.2 Å². The first-order chi connectivity index (χ1) is 10.2. The number of piperidine rings is 1. The average molecular weight is 394 g/mol. The highest BCUT2D eigenvalue weighted by Crippen LogP contribution is 2.30. The van der Waals surface area contributed by atoms with Gasteiger partial charge in [-0.15, -0.1) is 47.5 Å². The van der Waals surface area contributed by atoms with Crippen LogP contribution in [-0.2, 0) is 0 Å². The van der Waals surface area contributed by atoms with E-state index in [0.29, 0.717) is 5.92 Å². The molecule has 3 heterocycles. The van der Waals surface area contributed by atoms with E-state index in [4.69, 9.17) is 0 Å². The molecule has 0 aliphatic carbocycles. The van der Waals surface area contributed by atoms with Gasteiger partial charge in [0.2, 0.25) is 0 Å². The lowest BCUT2D eigenvalue weighted by Gasteiger charge is -2.22. The molecule has 23 heavy (non-hydrogen) atoms. The van der Waals surface area contributed by atoms with E-state index in [1.807, 2.05) is 24.4 Å². The van der Waals surface area contributed by atoms with Crippen molar-refractivity contribution in [1.29, 1.82) is 0 Å². The van der Waals surface area contributed by atoms with Gasteiger partial charge in [-0.05, 0) is 50.2 Å². The molecular weight excluding hydrogens is 373 g/mol. The van der Waals surface area contributed by atoms with Gasteiger partial charge in [0.1, 0.15) is 9.88 Å². The van der Waals surface area contributed by atoms with Gasteiger partial charge in [-0.3, -0.25) is 4.79 Å². The number of rotatable bonds is 4. The van der Waals surface area contributed by atoms with Gasteiger partial charge in [0, 0.05) is 6.54 Å². The van der Waals surface area contributed by atoms with Crippen LogP contribution in [0.2, 0.25) is 0 Å². The molecular formula is C15H21Cl2N3OS2. The molecule has 1 aliphatic heterocycles. The maximum Gasteiger partial charge on any atom is 0.263 e. The lowest BCUT2D eigenvalue weighted by molar-refractivity contribution is 0.0948. The molecule has 0 bridgehead atoms. The van der Waals surface area contributed by atoms with E-state index < -0.39 is 0 Å². The number of amides is 1. The molecule has 1 fully saturated rings. The molecule has 1 aliphatic rings. The van der Waals surface area contributed by atoms with E-state index in [0.717, 1.165) is 40.1 Å². The highest BCUT2D eigenvalue weighted by molar-refractivity contribution is 7.22. The van der Waals surface area contributed by atoms with Gasteiger partial charge in [-0.1, -0.05) is 6.07 Å². The molecule has 0 saturated carbocycles. The van der Waals surface area contributed by atoms with Crippen molar-refractivity contribution in [3.8, 4) is 9.88 Å². The largest absolute Gasteiger partial charge is 0.351 e. The van der Waals surface area contributed by atoms with E-state index in [2.05, 4.69) is 15.6 Å². The summed E-state index contributed by atoms with van der Waals surface area (Å²) >= 11 is 3.14.